The summed E-state index contributed by atoms with van der Waals surface area (Å²) in [5.74, 6) is -0.476. The van der Waals surface area contributed by atoms with E-state index in [1.165, 1.54) is 29.2 Å². The van der Waals surface area contributed by atoms with Crippen molar-refractivity contribution in [2.75, 3.05) is 5.32 Å². The number of hydrogen-bond donors (Lipinski definition) is 2. The summed E-state index contributed by atoms with van der Waals surface area (Å²) < 4.78 is 29.5. The molecule has 1 heterocycles. The summed E-state index contributed by atoms with van der Waals surface area (Å²) in [5.41, 5.74) is 2.19. The van der Waals surface area contributed by atoms with Crippen molar-refractivity contribution >= 4 is 33.2 Å². The van der Waals surface area contributed by atoms with Gasteiger partial charge in [-0.1, -0.05) is 41.9 Å². The summed E-state index contributed by atoms with van der Waals surface area (Å²) >= 11 is 6.12. The quantitative estimate of drug-likeness (QED) is 0.430. The second-order valence-electron chi connectivity index (χ2n) is 6.71. The zero-order valence-corrected chi connectivity index (χ0v) is 18.1. The second-order valence-corrected chi connectivity index (χ2v) is 8.85. The summed E-state index contributed by atoms with van der Waals surface area (Å²) in [6.45, 7) is 0.101. The van der Waals surface area contributed by atoms with Crippen molar-refractivity contribution in [3.63, 3.8) is 0 Å². The van der Waals surface area contributed by atoms with Crippen molar-refractivity contribution in [1.29, 1.82) is 0 Å². The van der Waals surface area contributed by atoms with Gasteiger partial charge in [-0.3, -0.25) is 4.79 Å². The van der Waals surface area contributed by atoms with Gasteiger partial charge in [0.2, 0.25) is 10.0 Å². The Balaban J connectivity index is 1.49. The number of anilines is 1. The molecule has 0 saturated heterocycles. The number of nitrogens with one attached hydrogen (secondary N) is 2. The molecule has 11 heteroatoms. The fourth-order valence-corrected chi connectivity index (χ4v) is 4.42. The third-order valence-electron chi connectivity index (χ3n) is 4.53. The molecule has 3 aromatic carbocycles. The molecule has 162 valence electrons. The van der Waals surface area contributed by atoms with E-state index in [2.05, 4.69) is 25.6 Å². The number of carbonyl (C=O) groups excluding carboxylic acids is 1. The maximum Gasteiger partial charge on any atom is 0.255 e. The Kier molecular flexibility index (Phi) is 6.26. The molecule has 0 atom stereocenters. The van der Waals surface area contributed by atoms with Crippen LogP contribution in [0, 0.1) is 0 Å². The molecular weight excluding hydrogens is 452 g/mol. The van der Waals surface area contributed by atoms with Crippen molar-refractivity contribution in [1.82, 2.24) is 24.9 Å². The van der Waals surface area contributed by atoms with Gasteiger partial charge in [0.05, 0.1) is 10.7 Å². The number of tetrazole rings is 1. The second kappa shape index (κ2) is 9.27. The Morgan fingerprint density at radius 2 is 1.75 bits per heavy atom. The molecule has 0 unspecified atom stereocenters. The van der Waals surface area contributed by atoms with Crippen molar-refractivity contribution in [3.05, 3.63) is 95.3 Å². The van der Waals surface area contributed by atoms with Gasteiger partial charge in [0, 0.05) is 17.8 Å². The molecule has 0 fully saturated rings. The van der Waals surface area contributed by atoms with Crippen LogP contribution in [0.5, 0.6) is 0 Å². The molecule has 0 aliphatic rings. The largest absolute Gasteiger partial charge is 0.322 e. The van der Waals surface area contributed by atoms with Crippen LogP contribution in [0.25, 0.3) is 5.69 Å². The molecule has 0 radical (unpaired) electrons. The van der Waals surface area contributed by atoms with Crippen LogP contribution in [0.15, 0.2) is 84.0 Å². The van der Waals surface area contributed by atoms with Gasteiger partial charge >= 0.3 is 0 Å². The topological polar surface area (TPSA) is 119 Å². The fourth-order valence-electron chi connectivity index (χ4n) is 2.88. The highest BCUT2D eigenvalue weighted by Crippen LogP contribution is 2.24. The highest BCUT2D eigenvalue weighted by Gasteiger charge is 2.20. The van der Waals surface area contributed by atoms with E-state index in [1.807, 2.05) is 18.2 Å². The lowest BCUT2D eigenvalue weighted by Gasteiger charge is -2.11. The van der Waals surface area contributed by atoms with Crippen LogP contribution in [-0.2, 0) is 16.6 Å². The highest BCUT2D eigenvalue weighted by molar-refractivity contribution is 7.89. The number of hydrogen-bond acceptors (Lipinski definition) is 6. The monoisotopic (exact) mass is 468 g/mol. The highest BCUT2D eigenvalue weighted by atomic mass is 35.5. The minimum atomic E-state index is -3.93. The van der Waals surface area contributed by atoms with Crippen LogP contribution in [0.1, 0.15) is 15.9 Å². The molecule has 0 bridgehead atoms. The van der Waals surface area contributed by atoms with Gasteiger partial charge in [0.25, 0.3) is 5.91 Å². The molecular formula is C21H17ClN6O3S. The third-order valence-corrected chi connectivity index (χ3v) is 6.41. The number of benzene rings is 3. The van der Waals surface area contributed by atoms with Gasteiger partial charge in [-0.05, 0) is 58.5 Å². The van der Waals surface area contributed by atoms with E-state index >= 15 is 0 Å². The van der Waals surface area contributed by atoms with Crippen molar-refractivity contribution < 1.29 is 13.2 Å². The summed E-state index contributed by atoms with van der Waals surface area (Å²) in [6, 6.07) is 20.0. The van der Waals surface area contributed by atoms with Crippen LogP contribution < -0.4 is 10.0 Å². The number of carbonyl (C=O) groups is 1. The average molecular weight is 469 g/mol. The first-order valence-corrected chi connectivity index (χ1v) is 11.3. The molecule has 0 saturated carbocycles. The maximum absolute atomic E-state index is 12.8. The van der Waals surface area contributed by atoms with Gasteiger partial charge in [-0.25, -0.2) is 17.8 Å². The van der Waals surface area contributed by atoms with Crippen molar-refractivity contribution in [2.45, 2.75) is 11.4 Å². The van der Waals surface area contributed by atoms with Crippen LogP contribution in [-0.4, -0.2) is 34.5 Å². The zero-order chi connectivity index (χ0) is 22.6. The summed E-state index contributed by atoms with van der Waals surface area (Å²) in [7, 11) is -3.93. The number of aromatic nitrogens is 4. The summed E-state index contributed by atoms with van der Waals surface area (Å²) in [4.78, 5) is 12.5. The normalized spacial score (nSPS) is 11.3. The molecule has 2 N–H and O–H groups in total. The number of amides is 1. The molecule has 0 aliphatic carbocycles. The first-order chi connectivity index (χ1) is 15.4. The lowest BCUT2D eigenvalue weighted by molar-refractivity contribution is 0.102. The minimum Gasteiger partial charge on any atom is -0.322 e. The molecule has 32 heavy (non-hydrogen) atoms. The van der Waals surface area contributed by atoms with Crippen molar-refractivity contribution in [2.24, 2.45) is 0 Å². The average Bonchev–Trinajstić information content (AvgIpc) is 3.34. The Hall–Kier alpha value is -3.60. The molecule has 9 nitrogen and oxygen atoms in total. The SMILES string of the molecule is O=C(Nc1ccc(-n2cnnn2)cc1)c1ccc(Cl)c(S(=O)(=O)NCc2ccccc2)c1. The molecule has 1 aromatic heterocycles. The fraction of sp³-hybridized carbons (Fsp3) is 0.0476. The number of nitrogens with zero attached hydrogens (tertiary/aromatic N) is 4. The Morgan fingerprint density at radius 1 is 1.00 bits per heavy atom. The van der Waals surface area contributed by atoms with Gasteiger partial charge in [0.1, 0.15) is 11.2 Å². The van der Waals surface area contributed by atoms with Crippen molar-refractivity contribution in [3.8, 4) is 5.69 Å². The Morgan fingerprint density at radius 3 is 2.44 bits per heavy atom. The molecule has 0 spiro atoms. The van der Waals surface area contributed by atoms with E-state index in [0.29, 0.717) is 5.69 Å². The summed E-state index contributed by atoms with van der Waals surface area (Å²) in [5, 5.41) is 13.7. The lowest BCUT2D eigenvalue weighted by Crippen LogP contribution is -2.24. The number of rotatable bonds is 7. The first kappa shape index (κ1) is 21.6. The van der Waals surface area contributed by atoms with E-state index in [-0.39, 0.29) is 22.0 Å². The van der Waals surface area contributed by atoms with E-state index in [9.17, 15) is 13.2 Å². The van der Waals surface area contributed by atoms with E-state index in [4.69, 9.17) is 11.6 Å². The molecule has 4 rings (SSSR count). The third kappa shape index (κ3) is 4.99. The zero-order valence-electron chi connectivity index (χ0n) is 16.5. The first-order valence-electron chi connectivity index (χ1n) is 9.40. The van der Waals surface area contributed by atoms with Crippen LogP contribution >= 0.6 is 11.6 Å². The van der Waals surface area contributed by atoms with Crippen LogP contribution in [0.3, 0.4) is 0 Å². The minimum absolute atomic E-state index is 0.0212. The van der Waals surface area contributed by atoms with E-state index < -0.39 is 15.9 Å². The maximum atomic E-state index is 12.8. The Bertz CT molecular complexity index is 1330. The summed E-state index contributed by atoms with van der Waals surface area (Å²) in [6.07, 6.45) is 1.45. The molecule has 1 amide bonds. The van der Waals surface area contributed by atoms with Gasteiger partial charge in [-0.15, -0.1) is 5.10 Å². The van der Waals surface area contributed by atoms with Crippen LogP contribution in [0.2, 0.25) is 5.02 Å². The number of halogens is 1. The smallest absolute Gasteiger partial charge is 0.255 e. The van der Waals surface area contributed by atoms with E-state index in [0.717, 1.165) is 11.3 Å². The predicted octanol–water partition coefficient (Wildman–Crippen LogP) is 3.05. The van der Waals surface area contributed by atoms with Crippen LogP contribution in [0.4, 0.5) is 5.69 Å². The predicted molar refractivity (Wildman–Crippen MR) is 119 cm³/mol. The standard InChI is InChI=1S/C21H17ClN6O3S/c22-19-11-6-16(12-20(19)32(30,31)24-13-15-4-2-1-3-5-15)21(29)25-17-7-9-18(10-8-17)28-14-23-26-27-28/h1-12,14,24H,13H2,(H,25,29). The van der Waals surface area contributed by atoms with Gasteiger partial charge in [0.15, 0.2) is 0 Å². The molecule has 4 aromatic rings. The van der Waals surface area contributed by atoms with E-state index in [1.54, 1.807) is 36.4 Å². The van der Waals surface area contributed by atoms with Gasteiger partial charge in [-0.2, -0.15) is 0 Å². The lowest BCUT2D eigenvalue weighted by atomic mass is 10.2. The Labute approximate surface area is 189 Å². The number of sulfonamides is 1. The molecule has 0 aliphatic heterocycles. The van der Waals surface area contributed by atoms with Gasteiger partial charge < -0.3 is 5.32 Å².